The molecular weight excluding hydrogens is 494 g/mol. The highest BCUT2D eigenvalue weighted by atomic mass is 32.2. The van der Waals surface area contributed by atoms with Crippen molar-refractivity contribution in [2.45, 2.75) is 32.0 Å². The number of carbonyl (C=O) groups excluding carboxylic acids is 2. The van der Waals surface area contributed by atoms with Crippen molar-refractivity contribution >= 4 is 39.8 Å². The van der Waals surface area contributed by atoms with E-state index in [2.05, 4.69) is 10.0 Å². The highest BCUT2D eigenvalue weighted by molar-refractivity contribution is 7.87. The number of esters is 2. The van der Waals surface area contributed by atoms with Crippen molar-refractivity contribution in [3.63, 3.8) is 0 Å². The van der Waals surface area contributed by atoms with Crippen molar-refractivity contribution < 1.29 is 37.4 Å². The predicted molar refractivity (Wildman–Crippen MR) is 127 cm³/mol. The van der Waals surface area contributed by atoms with Crippen LogP contribution in [0.2, 0.25) is 0 Å². The highest BCUT2D eigenvalue weighted by Gasteiger charge is 2.42. The Hall–Kier alpha value is -4.01. The van der Waals surface area contributed by atoms with E-state index in [-0.39, 0.29) is 30.4 Å². The zero-order chi connectivity index (χ0) is 26.5. The number of nitrogens with two attached hydrogens (primary N) is 1. The molecule has 0 bridgehead atoms. The van der Waals surface area contributed by atoms with Crippen LogP contribution in [0, 0.1) is 5.41 Å². The third-order valence-electron chi connectivity index (χ3n) is 5.04. The first-order chi connectivity index (χ1) is 16.9. The number of rotatable bonds is 9. The fourth-order valence-electron chi connectivity index (χ4n) is 3.37. The number of hydrogen-bond acceptors (Lipinski definition) is 8. The first-order valence-electron chi connectivity index (χ1n) is 10.7. The number of anilines is 1. The molecule has 2 atom stereocenters. The quantitative estimate of drug-likeness (QED) is 0.135. The minimum atomic E-state index is -4.21. The van der Waals surface area contributed by atoms with E-state index in [0.717, 1.165) is 4.31 Å². The molecule has 1 unspecified atom stereocenters. The maximum absolute atomic E-state index is 12.8. The molecule has 1 heterocycles. The Kier molecular flexibility index (Phi) is 8.24. The predicted octanol–water partition coefficient (Wildman–Crippen LogP) is 0.636. The van der Waals surface area contributed by atoms with Gasteiger partial charge in [-0.25, -0.2) is 4.79 Å². The normalized spacial score (nSPS) is 18.2. The number of carbonyl (C=O) groups is 3. The Balaban J connectivity index is 1.60. The minimum absolute atomic E-state index is 0.152. The van der Waals surface area contributed by atoms with Gasteiger partial charge in [0, 0.05) is 12.2 Å². The molecular formula is C22H25N5O8S. The van der Waals surface area contributed by atoms with Gasteiger partial charge in [-0.05, 0) is 48.9 Å². The molecule has 0 amide bonds. The zero-order valence-corrected chi connectivity index (χ0v) is 19.9. The van der Waals surface area contributed by atoms with E-state index in [9.17, 15) is 22.8 Å². The largest absolute Gasteiger partial charge is 0.481 e. The third-order valence-corrected chi connectivity index (χ3v) is 6.57. The second-order valence-electron chi connectivity index (χ2n) is 7.91. The highest BCUT2D eigenvalue weighted by Crippen LogP contribution is 2.20. The lowest BCUT2D eigenvalue weighted by molar-refractivity contribution is -0.163. The molecule has 0 aromatic heterocycles. The Labute approximate surface area is 206 Å². The molecule has 14 heteroatoms. The summed E-state index contributed by atoms with van der Waals surface area (Å²) in [7, 11) is -4.21. The molecule has 0 radical (unpaired) electrons. The van der Waals surface area contributed by atoms with Gasteiger partial charge in [-0.2, -0.15) is 17.4 Å². The summed E-state index contributed by atoms with van der Waals surface area (Å²) < 4.78 is 39.1. The summed E-state index contributed by atoms with van der Waals surface area (Å²) in [5.74, 6) is -2.88. The van der Waals surface area contributed by atoms with Crippen LogP contribution in [0.25, 0.3) is 0 Å². The molecule has 1 fully saturated rings. The molecule has 1 aliphatic rings. The summed E-state index contributed by atoms with van der Waals surface area (Å²) in [4.78, 5) is 35.5. The lowest BCUT2D eigenvalue weighted by Gasteiger charge is -2.35. The Morgan fingerprint density at radius 1 is 1.19 bits per heavy atom. The number of nitrogens with one attached hydrogen (secondary N) is 3. The average molecular weight is 520 g/mol. The molecule has 2 aromatic carbocycles. The number of ether oxygens (including phenoxy) is 2. The van der Waals surface area contributed by atoms with Gasteiger partial charge in [0.1, 0.15) is 17.9 Å². The summed E-state index contributed by atoms with van der Waals surface area (Å²) in [5.41, 5.74) is 6.59. The molecule has 3 rings (SSSR count). The van der Waals surface area contributed by atoms with Crippen molar-refractivity contribution in [3.8, 4) is 5.75 Å². The molecule has 0 aliphatic carbocycles. The topological polar surface area (TPSA) is 201 Å². The summed E-state index contributed by atoms with van der Waals surface area (Å²) in [6, 6.07) is 10.7. The number of carboxylic acid groups (broad SMARTS) is 1. The van der Waals surface area contributed by atoms with Gasteiger partial charge in [-0.3, -0.25) is 15.0 Å². The fourth-order valence-corrected chi connectivity index (χ4v) is 4.79. The van der Waals surface area contributed by atoms with E-state index >= 15 is 0 Å². The van der Waals surface area contributed by atoms with Crippen LogP contribution in [0.15, 0.2) is 48.5 Å². The summed E-state index contributed by atoms with van der Waals surface area (Å²) >= 11 is 0. The molecule has 1 aliphatic heterocycles. The van der Waals surface area contributed by atoms with Crippen LogP contribution in [0.3, 0.4) is 0 Å². The van der Waals surface area contributed by atoms with Gasteiger partial charge in [-0.15, -0.1) is 0 Å². The molecule has 0 spiro atoms. The van der Waals surface area contributed by atoms with Gasteiger partial charge >= 0.3 is 17.9 Å². The Bertz CT molecular complexity index is 1250. The molecule has 13 nitrogen and oxygen atoms in total. The molecule has 192 valence electrons. The minimum Gasteiger partial charge on any atom is -0.481 e. The van der Waals surface area contributed by atoms with Gasteiger partial charge in [-0.1, -0.05) is 12.1 Å². The number of carboxylic acids is 1. The second-order valence-corrected chi connectivity index (χ2v) is 9.61. The number of cyclic esters (lactones) is 1. The molecule has 1 saturated heterocycles. The smallest absolute Gasteiger partial charge is 0.343 e. The van der Waals surface area contributed by atoms with Crippen molar-refractivity contribution in [3.05, 3.63) is 59.7 Å². The van der Waals surface area contributed by atoms with Crippen LogP contribution in [0.4, 0.5) is 5.69 Å². The van der Waals surface area contributed by atoms with Crippen LogP contribution in [-0.4, -0.2) is 60.4 Å². The summed E-state index contributed by atoms with van der Waals surface area (Å²) in [6.07, 6.45) is -1.45. The van der Waals surface area contributed by atoms with Gasteiger partial charge < -0.3 is 25.6 Å². The zero-order valence-electron chi connectivity index (χ0n) is 19.1. The van der Waals surface area contributed by atoms with E-state index in [4.69, 9.17) is 25.7 Å². The Morgan fingerprint density at radius 3 is 2.42 bits per heavy atom. The number of hydrogen-bond donors (Lipinski definition) is 5. The standard InChI is InChI=1S/C22H25N5O8S/c1-13-12-27(18(10-19(28)29)21(31)34-13)36(32,33)25-11-14-2-8-17(9-3-14)35-20(30)15-4-6-16(7-5-15)26-22(23)24/h2-9,13,18,25H,10-12H2,1H3,(H,28,29)(H4,23,24,26)/t13?,18-/m0/s1. The molecule has 36 heavy (non-hydrogen) atoms. The monoisotopic (exact) mass is 519 g/mol. The van der Waals surface area contributed by atoms with E-state index in [1.54, 1.807) is 24.3 Å². The van der Waals surface area contributed by atoms with E-state index in [0.29, 0.717) is 11.3 Å². The number of aliphatic carboxylic acids is 1. The van der Waals surface area contributed by atoms with Crippen molar-refractivity contribution in [2.75, 3.05) is 11.9 Å². The van der Waals surface area contributed by atoms with Crippen molar-refractivity contribution in [1.29, 1.82) is 5.41 Å². The van der Waals surface area contributed by atoms with Crippen molar-refractivity contribution in [1.82, 2.24) is 9.03 Å². The molecule has 6 N–H and O–H groups in total. The lowest BCUT2D eigenvalue weighted by atomic mass is 10.1. The lowest BCUT2D eigenvalue weighted by Crippen LogP contribution is -2.57. The summed E-state index contributed by atoms with van der Waals surface area (Å²) in [6.45, 7) is 1.18. The number of benzene rings is 2. The van der Waals surface area contributed by atoms with Crippen LogP contribution >= 0.6 is 0 Å². The number of morpholine rings is 1. The van der Waals surface area contributed by atoms with E-state index in [1.165, 1.54) is 31.2 Å². The third kappa shape index (κ3) is 7.00. The van der Waals surface area contributed by atoms with Crippen molar-refractivity contribution in [2.24, 2.45) is 5.73 Å². The summed E-state index contributed by atoms with van der Waals surface area (Å²) in [5, 5.41) is 18.8. The number of guanidine groups is 1. The average Bonchev–Trinajstić information content (AvgIpc) is 2.80. The Morgan fingerprint density at radius 2 is 1.83 bits per heavy atom. The van der Waals surface area contributed by atoms with E-state index < -0.39 is 46.7 Å². The van der Waals surface area contributed by atoms with Gasteiger partial charge in [0.2, 0.25) is 0 Å². The second kappa shape index (κ2) is 11.2. The fraction of sp³-hybridized carbons (Fsp3) is 0.273. The molecule has 0 saturated carbocycles. The van der Waals surface area contributed by atoms with Crippen LogP contribution in [0.1, 0.15) is 29.3 Å². The first kappa shape index (κ1) is 26.6. The number of nitrogens with zero attached hydrogens (tertiary/aromatic N) is 1. The van der Waals surface area contributed by atoms with E-state index in [1.807, 2.05) is 0 Å². The molecule has 2 aromatic rings. The maximum atomic E-state index is 12.8. The van der Waals surface area contributed by atoms with Crippen LogP contribution in [0.5, 0.6) is 5.75 Å². The van der Waals surface area contributed by atoms with Crippen LogP contribution in [-0.2, 0) is 31.1 Å². The van der Waals surface area contributed by atoms with Gasteiger partial charge in [0.05, 0.1) is 18.5 Å². The first-order valence-corrected chi connectivity index (χ1v) is 12.1. The maximum Gasteiger partial charge on any atom is 0.343 e. The van der Waals surface area contributed by atoms with Crippen LogP contribution < -0.4 is 20.5 Å². The van der Waals surface area contributed by atoms with Gasteiger partial charge in [0.15, 0.2) is 5.96 Å². The SMILES string of the molecule is CC1CN(S(=O)(=O)NCc2ccc(OC(=O)c3ccc(NC(=N)N)cc3)cc2)[C@@H](CC(=O)O)C(=O)O1. The van der Waals surface area contributed by atoms with Gasteiger partial charge in [0.25, 0.3) is 10.2 Å².